The Balaban J connectivity index is 1.94. The van der Waals surface area contributed by atoms with Gasteiger partial charge in [-0.05, 0) is 17.7 Å². The summed E-state index contributed by atoms with van der Waals surface area (Å²) in [6.07, 6.45) is 0.542. The topological polar surface area (TPSA) is 71.4 Å². The second-order valence-electron chi connectivity index (χ2n) is 7.83. The molecule has 1 atom stereocenters. The Hall–Kier alpha value is -3.35. The first-order valence-corrected chi connectivity index (χ1v) is 10.3. The molecule has 1 aliphatic heterocycles. The van der Waals surface area contributed by atoms with Crippen LogP contribution in [0.15, 0.2) is 53.6 Å². The molecule has 2 aromatic rings. The first kappa shape index (κ1) is 22.3. The maximum atomic E-state index is 13.2. The maximum Gasteiger partial charge on any atom is 0.262 e. The van der Waals surface area contributed by atoms with Gasteiger partial charge in [0.15, 0.2) is 0 Å². The van der Waals surface area contributed by atoms with Crippen LogP contribution in [0.25, 0.3) is 0 Å². The van der Waals surface area contributed by atoms with E-state index in [2.05, 4.69) is 5.10 Å². The van der Waals surface area contributed by atoms with Crippen LogP contribution in [0, 0.1) is 5.92 Å². The molecule has 31 heavy (non-hydrogen) atoms. The molecule has 0 saturated heterocycles. The predicted molar refractivity (Wildman–Crippen MR) is 119 cm³/mol. The van der Waals surface area contributed by atoms with Gasteiger partial charge in [-0.3, -0.25) is 9.59 Å². The molecule has 0 N–H and O–H groups in total. The smallest absolute Gasteiger partial charge is 0.262 e. The molecule has 0 unspecified atom stereocenters. The van der Waals surface area contributed by atoms with Crippen LogP contribution in [0.3, 0.4) is 0 Å². The zero-order valence-corrected chi connectivity index (χ0v) is 18.7. The van der Waals surface area contributed by atoms with Crippen molar-refractivity contribution >= 4 is 17.5 Å². The molecule has 7 heteroatoms. The maximum absolute atomic E-state index is 13.2. The molecule has 1 heterocycles. The molecule has 1 aliphatic rings. The van der Waals surface area contributed by atoms with Gasteiger partial charge < -0.3 is 14.4 Å². The van der Waals surface area contributed by atoms with Crippen molar-refractivity contribution in [2.24, 2.45) is 11.0 Å². The summed E-state index contributed by atoms with van der Waals surface area (Å²) in [5.41, 5.74) is 2.55. The minimum Gasteiger partial charge on any atom is -0.497 e. The first-order valence-electron chi connectivity index (χ1n) is 10.3. The van der Waals surface area contributed by atoms with Crippen LogP contribution in [-0.4, -0.2) is 55.2 Å². The van der Waals surface area contributed by atoms with Gasteiger partial charge in [-0.15, -0.1) is 0 Å². The Labute approximate surface area is 183 Å². The fourth-order valence-corrected chi connectivity index (χ4v) is 3.67. The number of ether oxygens (including phenoxy) is 2. The number of likely N-dealkylation sites (N-methyl/N-ethyl adjacent to an activating group) is 1. The lowest BCUT2D eigenvalue weighted by Crippen LogP contribution is -2.40. The minimum absolute atomic E-state index is 0.0309. The molecule has 7 nitrogen and oxygen atoms in total. The number of amides is 2. The van der Waals surface area contributed by atoms with Gasteiger partial charge in [-0.1, -0.05) is 44.2 Å². The van der Waals surface area contributed by atoms with E-state index in [0.29, 0.717) is 17.9 Å². The molecular weight excluding hydrogens is 394 g/mol. The predicted octanol–water partition coefficient (Wildman–Crippen LogP) is 3.50. The van der Waals surface area contributed by atoms with Crippen molar-refractivity contribution < 1.29 is 19.1 Å². The largest absolute Gasteiger partial charge is 0.497 e. The van der Waals surface area contributed by atoms with Crippen LogP contribution in [0.1, 0.15) is 37.4 Å². The van der Waals surface area contributed by atoms with Crippen LogP contribution in [0.2, 0.25) is 0 Å². The summed E-state index contributed by atoms with van der Waals surface area (Å²) in [4.78, 5) is 26.9. The van der Waals surface area contributed by atoms with Gasteiger partial charge in [0, 0.05) is 31.0 Å². The molecule has 0 aliphatic carbocycles. The number of hydrogen-bond acceptors (Lipinski definition) is 5. The number of hydrazone groups is 1. The third-order valence-corrected chi connectivity index (χ3v) is 5.31. The Bertz CT molecular complexity index is 972. The second kappa shape index (κ2) is 9.64. The van der Waals surface area contributed by atoms with Gasteiger partial charge in [0.05, 0.1) is 26.0 Å². The standard InChI is InChI=1S/C24H29N3O4/c1-16(2)24(29)26(3)15-23(28)27-21(17-9-7-6-8-10-17)14-20(25-27)19-12-11-18(30-4)13-22(19)31-5/h6-13,16,21H,14-15H2,1-5H3/t21-/m0/s1. The van der Waals surface area contributed by atoms with Gasteiger partial charge >= 0.3 is 0 Å². The molecule has 0 aromatic heterocycles. The van der Waals surface area contributed by atoms with E-state index in [-0.39, 0.29) is 30.3 Å². The van der Waals surface area contributed by atoms with E-state index in [1.165, 1.54) is 9.91 Å². The normalized spacial score (nSPS) is 15.6. The van der Waals surface area contributed by atoms with Crippen molar-refractivity contribution in [1.82, 2.24) is 9.91 Å². The Morgan fingerprint density at radius 1 is 1.13 bits per heavy atom. The minimum atomic E-state index is -0.252. The number of carbonyl (C=O) groups is 2. The quantitative estimate of drug-likeness (QED) is 0.683. The van der Waals surface area contributed by atoms with Gasteiger partial charge in [0.1, 0.15) is 18.0 Å². The summed E-state index contributed by atoms with van der Waals surface area (Å²) < 4.78 is 10.8. The highest BCUT2D eigenvalue weighted by molar-refractivity contribution is 6.05. The SMILES string of the molecule is COc1ccc(C2=NN(C(=O)CN(C)C(=O)C(C)C)[C@H](c3ccccc3)C2)c(OC)c1. The number of benzene rings is 2. The van der Waals surface area contributed by atoms with E-state index in [4.69, 9.17) is 9.47 Å². The Morgan fingerprint density at radius 3 is 2.45 bits per heavy atom. The second-order valence-corrected chi connectivity index (χ2v) is 7.83. The van der Waals surface area contributed by atoms with Crippen LogP contribution in [0.4, 0.5) is 0 Å². The first-order chi connectivity index (χ1) is 14.8. The van der Waals surface area contributed by atoms with E-state index >= 15 is 0 Å². The van der Waals surface area contributed by atoms with Gasteiger partial charge in [0.2, 0.25) is 5.91 Å². The average molecular weight is 424 g/mol. The summed E-state index contributed by atoms with van der Waals surface area (Å²) in [6, 6.07) is 15.1. The lowest BCUT2D eigenvalue weighted by molar-refractivity contribution is -0.142. The summed E-state index contributed by atoms with van der Waals surface area (Å²) in [5.74, 6) is 0.827. The highest BCUT2D eigenvalue weighted by Crippen LogP contribution is 2.36. The van der Waals surface area contributed by atoms with E-state index in [1.807, 2.05) is 56.3 Å². The summed E-state index contributed by atoms with van der Waals surface area (Å²) >= 11 is 0. The van der Waals surface area contributed by atoms with Gasteiger partial charge in [0.25, 0.3) is 5.91 Å². The summed E-state index contributed by atoms with van der Waals surface area (Å²) in [5, 5.41) is 6.18. The highest BCUT2D eigenvalue weighted by Gasteiger charge is 2.34. The third-order valence-electron chi connectivity index (χ3n) is 5.31. The van der Waals surface area contributed by atoms with Crippen LogP contribution < -0.4 is 9.47 Å². The molecule has 0 bridgehead atoms. The zero-order valence-electron chi connectivity index (χ0n) is 18.7. The molecule has 164 valence electrons. The Kier molecular flexibility index (Phi) is 6.95. The molecule has 0 fully saturated rings. The monoisotopic (exact) mass is 423 g/mol. The number of hydrogen-bond donors (Lipinski definition) is 0. The van der Waals surface area contributed by atoms with Crippen LogP contribution in [0.5, 0.6) is 11.5 Å². The van der Waals surface area contributed by atoms with Crippen molar-refractivity contribution in [2.45, 2.75) is 26.3 Å². The van der Waals surface area contributed by atoms with E-state index in [0.717, 1.165) is 16.8 Å². The number of nitrogens with zero attached hydrogens (tertiary/aromatic N) is 3. The molecule has 0 radical (unpaired) electrons. The zero-order chi connectivity index (χ0) is 22.5. The van der Waals surface area contributed by atoms with Gasteiger partial charge in [-0.2, -0.15) is 5.10 Å². The number of rotatable bonds is 7. The van der Waals surface area contributed by atoms with Crippen molar-refractivity contribution in [1.29, 1.82) is 0 Å². The molecule has 0 spiro atoms. The lowest BCUT2D eigenvalue weighted by Gasteiger charge is -2.25. The van der Waals surface area contributed by atoms with Crippen molar-refractivity contribution in [3.8, 4) is 11.5 Å². The highest BCUT2D eigenvalue weighted by atomic mass is 16.5. The lowest BCUT2D eigenvalue weighted by atomic mass is 9.98. The fraction of sp³-hybridized carbons (Fsp3) is 0.375. The third kappa shape index (κ3) is 4.87. The van der Waals surface area contributed by atoms with Crippen molar-refractivity contribution in [3.63, 3.8) is 0 Å². The van der Waals surface area contributed by atoms with Crippen molar-refractivity contribution in [3.05, 3.63) is 59.7 Å². The fourth-order valence-electron chi connectivity index (χ4n) is 3.67. The van der Waals surface area contributed by atoms with E-state index in [9.17, 15) is 9.59 Å². The van der Waals surface area contributed by atoms with Crippen molar-refractivity contribution in [2.75, 3.05) is 27.8 Å². The average Bonchev–Trinajstić information content (AvgIpc) is 3.23. The molecular formula is C24H29N3O4. The number of methoxy groups -OCH3 is 2. The Morgan fingerprint density at radius 2 is 1.84 bits per heavy atom. The summed E-state index contributed by atoms with van der Waals surface area (Å²) in [7, 11) is 4.84. The molecule has 3 rings (SSSR count). The molecule has 2 aromatic carbocycles. The van der Waals surface area contributed by atoms with E-state index in [1.54, 1.807) is 27.3 Å². The van der Waals surface area contributed by atoms with Crippen LogP contribution >= 0.6 is 0 Å². The summed E-state index contributed by atoms with van der Waals surface area (Å²) in [6.45, 7) is 3.60. The van der Waals surface area contributed by atoms with Crippen LogP contribution in [-0.2, 0) is 9.59 Å². The van der Waals surface area contributed by atoms with Gasteiger partial charge in [-0.25, -0.2) is 5.01 Å². The van der Waals surface area contributed by atoms with E-state index < -0.39 is 0 Å². The molecule has 0 saturated carbocycles. The number of carbonyl (C=O) groups excluding carboxylic acids is 2. The molecule has 2 amide bonds.